The van der Waals surface area contributed by atoms with E-state index in [1.807, 2.05) is 6.92 Å². The van der Waals surface area contributed by atoms with Crippen LogP contribution in [0.3, 0.4) is 0 Å². The number of piperazine rings is 1. The Morgan fingerprint density at radius 2 is 1.89 bits per heavy atom. The maximum atomic E-state index is 14.6. The van der Waals surface area contributed by atoms with Crippen molar-refractivity contribution in [2.75, 3.05) is 24.5 Å². The van der Waals surface area contributed by atoms with Crippen molar-refractivity contribution in [1.82, 2.24) is 19.4 Å². The van der Waals surface area contributed by atoms with Crippen LogP contribution in [-0.2, 0) is 11.3 Å². The minimum absolute atomic E-state index is 0.0122. The molecule has 1 saturated heterocycles. The van der Waals surface area contributed by atoms with Crippen molar-refractivity contribution in [3.8, 4) is 11.3 Å². The summed E-state index contributed by atoms with van der Waals surface area (Å²) in [7, 11) is 0. The zero-order valence-corrected chi connectivity index (χ0v) is 21.8. The zero-order chi connectivity index (χ0) is 28.0. The Morgan fingerprint density at radius 3 is 2.50 bits per heavy atom. The molecule has 7 nitrogen and oxygen atoms in total. The van der Waals surface area contributed by atoms with Gasteiger partial charge in [-0.3, -0.25) is 9.36 Å². The summed E-state index contributed by atoms with van der Waals surface area (Å²) in [6.45, 7) is 7.45. The third kappa shape index (κ3) is 4.99. The number of aromatic nitrogens is 3. The standard InChI is InChI=1S/C26H26ClF4N5O2/c1-5-20(37)34-10-11-35(15(2)13-34)23-17-12-18(27)21(16-8-6-7-9-19(16)28)32-22(17)36(24(38)33-23)14-25(3,4)26(29,30)31/h5-9,12,15H,1,10-11,13-14H2,2-4H3/t15-/m0/s1. The molecule has 3 aromatic rings. The molecule has 0 aliphatic carbocycles. The maximum Gasteiger partial charge on any atom is 0.395 e. The van der Waals surface area contributed by atoms with Crippen molar-refractivity contribution >= 4 is 34.4 Å². The number of nitrogens with zero attached hydrogens (tertiary/aromatic N) is 5. The van der Waals surface area contributed by atoms with Gasteiger partial charge in [0.2, 0.25) is 5.91 Å². The molecule has 12 heteroatoms. The zero-order valence-electron chi connectivity index (χ0n) is 21.0. The molecular weight excluding hydrogens is 526 g/mol. The van der Waals surface area contributed by atoms with Crippen molar-refractivity contribution in [3.05, 3.63) is 64.3 Å². The van der Waals surface area contributed by atoms with Crippen LogP contribution in [-0.4, -0.2) is 57.2 Å². The Morgan fingerprint density at radius 1 is 1.21 bits per heavy atom. The van der Waals surface area contributed by atoms with Crippen LogP contribution in [0.5, 0.6) is 0 Å². The molecule has 1 fully saturated rings. The fraction of sp³-hybridized carbons (Fsp3) is 0.385. The molecule has 0 bridgehead atoms. The molecule has 3 heterocycles. The monoisotopic (exact) mass is 551 g/mol. The van der Waals surface area contributed by atoms with Gasteiger partial charge >= 0.3 is 11.9 Å². The van der Waals surface area contributed by atoms with Crippen LogP contribution < -0.4 is 10.6 Å². The van der Waals surface area contributed by atoms with Crippen LogP contribution in [0.1, 0.15) is 20.8 Å². The summed E-state index contributed by atoms with van der Waals surface area (Å²) >= 11 is 6.53. The number of halogens is 5. The molecule has 1 aromatic carbocycles. The quantitative estimate of drug-likeness (QED) is 0.327. The number of fused-ring (bicyclic) bond motifs is 1. The predicted octanol–water partition coefficient (Wildman–Crippen LogP) is 5.06. The van der Waals surface area contributed by atoms with Crippen molar-refractivity contribution in [2.24, 2.45) is 5.41 Å². The molecule has 0 unspecified atom stereocenters. The Bertz CT molecular complexity index is 1470. The van der Waals surface area contributed by atoms with E-state index < -0.39 is 29.6 Å². The number of alkyl halides is 3. The van der Waals surface area contributed by atoms with Gasteiger partial charge in [-0.05, 0) is 45.0 Å². The van der Waals surface area contributed by atoms with Crippen molar-refractivity contribution in [1.29, 1.82) is 0 Å². The molecule has 0 spiro atoms. The van der Waals surface area contributed by atoms with E-state index in [9.17, 15) is 27.2 Å². The number of hydrogen-bond acceptors (Lipinski definition) is 5. The number of pyridine rings is 1. The molecule has 0 radical (unpaired) electrons. The summed E-state index contributed by atoms with van der Waals surface area (Å²) in [4.78, 5) is 37.4. The number of rotatable bonds is 5. The van der Waals surface area contributed by atoms with E-state index in [1.54, 1.807) is 15.9 Å². The maximum absolute atomic E-state index is 14.6. The SMILES string of the molecule is C=CC(=O)N1CCN(c2nc(=O)n(CC(C)(C)C(F)(F)F)c3nc(-c4ccccc4F)c(Cl)cc23)[C@@H](C)C1. The molecule has 1 atom stereocenters. The highest BCUT2D eigenvalue weighted by molar-refractivity contribution is 6.33. The third-order valence-corrected chi connectivity index (χ3v) is 7.01. The second-order valence-electron chi connectivity index (χ2n) is 9.89. The number of anilines is 1. The second kappa shape index (κ2) is 10.0. The second-order valence-corrected chi connectivity index (χ2v) is 10.3. The third-order valence-electron chi connectivity index (χ3n) is 6.72. The lowest BCUT2D eigenvalue weighted by atomic mass is 9.92. The first-order chi connectivity index (χ1) is 17.7. The van der Waals surface area contributed by atoms with Gasteiger partial charge in [-0.1, -0.05) is 30.3 Å². The van der Waals surface area contributed by atoms with Gasteiger partial charge in [-0.25, -0.2) is 14.2 Å². The molecule has 0 saturated carbocycles. The average Bonchev–Trinajstić information content (AvgIpc) is 2.84. The Labute approximate surface area is 221 Å². The van der Waals surface area contributed by atoms with Crippen LogP contribution >= 0.6 is 11.6 Å². The molecule has 4 rings (SSSR count). The van der Waals surface area contributed by atoms with E-state index in [1.165, 1.54) is 30.3 Å². The molecule has 1 amide bonds. The van der Waals surface area contributed by atoms with E-state index in [-0.39, 0.29) is 45.1 Å². The van der Waals surface area contributed by atoms with Gasteiger partial charge in [-0.15, -0.1) is 0 Å². The highest BCUT2D eigenvalue weighted by Gasteiger charge is 2.48. The highest BCUT2D eigenvalue weighted by atomic mass is 35.5. The van der Waals surface area contributed by atoms with Crippen LogP contribution in [0.25, 0.3) is 22.3 Å². The number of carbonyl (C=O) groups excluding carboxylic acids is 1. The van der Waals surface area contributed by atoms with E-state index in [2.05, 4.69) is 16.5 Å². The molecular formula is C26H26ClF4N5O2. The topological polar surface area (TPSA) is 71.3 Å². The molecule has 38 heavy (non-hydrogen) atoms. The number of amides is 1. The fourth-order valence-electron chi connectivity index (χ4n) is 4.44. The predicted molar refractivity (Wildman–Crippen MR) is 138 cm³/mol. The van der Waals surface area contributed by atoms with Crippen LogP contribution in [0.2, 0.25) is 5.02 Å². The van der Waals surface area contributed by atoms with Crippen LogP contribution in [0.4, 0.5) is 23.4 Å². The van der Waals surface area contributed by atoms with Gasteiger partial charge in [-0.2, -0.15) is 18.2 Å². The first kappa shape index (κ1) is 27.6. The van der Waals surface area contributed by atoms with Gasteiger partial charge in [0.05, 0.1) is 21.5 Å². The minimum atomic E-state index is -4.62. The lowest BCUT2D eigenvalue weighted by Gasteiger charge is -2.40. The number of carbonyl (C=O) groups is 1. The number of hydrogen-bond donors (Lipinski definition) is 0. The fourth-order valence-corrected chi connectivity index (χ4v) is 4.69. The van der Waals surface area contributed by atoms with Gasteiger partial charge in [0.15, 0.2) is 0 Å². The molecule has 1 aliphatic rings. The summed E-state index contributed by atoms with van der Waals surface area (Å²) in [5.41, 5.74) is -3.30. The van der Waals surface area contributed by atoms with Gasteiger partial charge in [0.1, 0.15) is 17.3 Å². The lowest BCUT2D eigenvalue weighted by molar-refractivity contribution is -0.215. The summed E-state index contributed by atoms with van der Waals surface area (Å²) in [6, 6.07) is 6.85. The minimum Gasteiger partial charge on any atom is -0.350 e. The molecule has 1 aliphatic heterocycles. The van der Waals surface area contributed by atoms with Crippen molar-refractivity contribution in [3.63, 3.8) is 0 Å². The first-order valence-electron chi connectivity index (χ1n) is 11.9. The smallest absolute Gasteiger partial charge is 0.350 e. The Balaban J connectivity index is 1.94. The lowest BCUT2D eigenvalue weighted by Crippen LogP contribution is -2.54. The molecule has 0 N–H and O–H groups in total. The normalized spacial score (nSPS) is 16.7. The summed E-state index contributed by atoms with van der Waals surface area (Å²) in [5, 5.41) is 0.280. The van der Waals surface area contributed by atoms with Crippen molar-refractivity contribution in [2.45, 2.75) is 39.5 Å². The van der Waals surface area contributed by atoms with Gasteiger partial charge in [0, 0.05) is 37.8 Å². The Kier molecular flexibility index (Phi) is 7.26. The van der Waals surface area contributed by atoms with E-state index in [0.717, 1.165) is 18.4 Å². The largest absolute Gasteiger partial charge is 0.395 e. The summed E-state index contributed by atoms with van der Waals surface area (Å²) < 4.78 is 56.9. The van der Waals surface area contributed by atoms with E-state index in [4.69, 9.17) is 11.6 Å². The number of benzene rings is 1. The van der Waals surface area contributed by atoms with Crippen LogP contribution in [0, 0.1) is 11.2 Å². The molecule has 202 valence electrons. The summed E-state index contributed by atoms with van der Waals surface area (Å²) in [6.07, 6.45) is -3.41. The van der Waals surface area contributed by atoms with Crippen molar-refractivity contribution < 1.29 is 22.4 Å². The van der Waals surface area contributed by atoms with Gasteiger partial charge in [0.25, 0.3) is 0 Å². The molecule has 2 aromatic heterocycles. The first-order valence-corrected chi connectivity index (χ1v) is 12.2. The summed E-state index contributed by atoms with van der Waals surface area (Å²) in [5.74, 6) is -0.686. The average molecular weight is 552 g/mol. The van der Waals surface area contributed by atoms with E-state index in [0.29, 0.717) is 19.6 Å². The highest BCUT2D eigenvalue weighted by Crippen LogP contribution is 2.40. The van der Waals surface area contributed by atoms with Gasteiger partial charge < -0.3 is 9.80 Å². The van der Waals surface area contributed by atoms with E-state index >= 15 is 0 Å². The Hall–Kier alpha value is -3.47. The van der Waals surface area contributed by atoms with Crippen LogP contribution in [0.15, 0.2) is 47.8 Å².